The predicted molar refractivity (Wildman–Crippen MR) is 135 cm³/mol. The van der Waals surface area contributed by atoms with Crippen LogP contribution in [0.15, 0.2) is 78.9 Å². The Bertz CT molecular complexity index is 1390. The molecule has 1 saturated heterocycles. The third-order valence-electron chi connectivity index (χ3n) is 7.01. The number of hydrogen-bond acceptors (Lipinski definition) is 3. The molecule has 0 saturated carbocycles. The summed E-state index contributed by atoms with van der Waals surface area (Å²) in [6, 6.07) is 25.6. The second-order valence-electron chi connectivity index (χ2n) is 9.19. The highest BCUT2D eigenvalue weighted by molar-refractivity contribution is 6.03. The summed E-state index contributed by atoms with van der Waals surface area (Å²) in [6.45, 7) is 1.20. The van der Waals surface area contributed by atoms with E-state index in [-0.39, 0.29) is 30.5 Å². The smallest absolute Gasteiger partial charge is 0.255 e. The number of nitrogens with zero attached hydrogens (tertiary/aromatic N) is 1. The van der Waals surface area contributed by atoms with Gasteiger partial charge in [-0.15, -0.1) is 0 Å². The minimum atomic E-state index is -0.376. The van der Waals surface area contributed by atoms with Crippen molar-refractivity contribution in [3.05, 3.63) is 95.6 Å². The average molecular weight is 466 g/mol. The number of rotatable bonds is 6. The summed E-state index contributed by atoms with van der Waals surface area (Å²) in [5.74, 6) is -0.296. The van der Waals surface area contributed by atoms with Crippen LogP contribution in [-0.4, -0.2) is 47.5 Å². The van der Waals surface area contributed by atoms with E-state index in [9.17, 15) is 9.59 Å². The maximum Gasteiger partial charge on any atom is 0.255 e. The molecule has 176 valence electrons. The first-order valence-electron chi connectivity index (χ1n) is 12.1. The minimum absolute atomic E-state index is 0.0152. The number of aromatic amines is 1. The Morgan fingerprint density at radius 3 is 2.60 bits per heavy atom. The highest BCUT2D eigenvalue weighted by Gasteiger charge is 2.41. The van der Waals surface area contributed by atoms with Gasteiger partial charge in [0.05, 0.1) is 17.8 Å². The maximum absolute atomic E-state index is 13.6. The normalized spacial score (nSPS) is 19.3. The molecule has 4 aromatic rings. The van der Waals surface area contributed by atoms with Crippen LogP contribution in [0.25, 0.3) is 22.2 Å². The Morgan fingerprint density at radius 1 is 1.00 bits per heavy atom. The largest absolute Gasteiger partial charge is 0.376 e. The average Bonchev–Trinajstić information content (AvgIpc) is 3.61. The van der Waals surface area contributed by atoms with Crippen molar-refractivity contribution in [1.82, 2.24) is 15.2 Å². The molecule has 0 radical (unpaired) electrons. The first-order chi connectivity index (χ1) is 17.2. The van der Waals surface area contributed by atoms with Crippen LogP contribution in [-0.2, 0) is 9.53 Å². The Morgan fingerprint density at radius 2 is 1.77 bits per heavy atom. The summed E-state index contributed by atoms with van der Waals surface area (Å²) in [4.78, 5) is 31.9. The second kappa shape index (κ2) is 9.04. The molecule has 2 aliphatic rings. The lowest BCUT2D eigenvalue weighted by atomic mass is 9.93. The van der Waals surface area contributed by atoms with Gasteiger partial charge in [-0.25, -0.2) is 0 Å². The third-order valence-corrected chi connectivity index (χ3v) is 7.01. The van der Waals surface area contributed by atoms with E-state index in [4.69, 9.17) is 4.74 Å². The molecular weight excluding hydrogens is 438 g/mol. The molecule has 1 fully saturated rings. The fourth-order valence-electron chi connectivity index (χ4n) is 5.37. The number of H-pyrrole nitrogens is 1. The van der Waals surface area contributed by atoms with Gasteiger partial charge in [0, 0.05) is 35.2 Å². The van der Waals surface area contributed by atoms with E-state index >= 15 is 0 Å². The molecular formula is C29H27N3O3. The van der Waals surface area contributed by atoms with E-state index in [1.165, 1.54) is 0 Å². The molecule has 0 unspecified atom stereocenters. The molecule has 35 heavy (non-hydrogen) atoms. The molecule has 6 rings (SSSR count). The van der Waals surface area contributed by atoms with E-state index in [1.54, 1.807) is 4.90 Å². The first-order valence-corrected chi connectivity index (χ1v) is 12.1. The quantitative estimate of drug-likeness (QED) is 0.434. The summed E-state index contributed by atoms with van der Waals surface area (Å²) in [7, 11) is 0. The van der Waals surface area contributed by atoms with Gasteiger partial charge in [0.2, 0.25) is 5.91 Å². The zero-order chi connectivity index (χ0) is 23.8. The van der Waals surface area contributed by atoms with Crippen molar-refractivity contribution in [2.75, 3.05) is 19.7 Å². The minimum Gasteiger partial charge on any atom is -0.376 e. The van der Waals surface area contributed by atoms with Crippen molar-refractivity contribution in [1.29, 1.82) is 0 Å². The molecule has 1 aromatic heterocycles. The topological polar surface area (TPSA) is 74.4 Å². The van der Waals surface area contributed by atoms with Gasteiger partial charge in [-0.1, -0.05) is 66.7 Å². The van der Waals surface area contributed by atoms with E-state index in [1.807, 2.05) is 60.7 Å². The van der Waals surface area contributed by atoms with Crippen molar-refractivity contribution in [2.45, 2.75) is 25.0 Å². The summed E-state index contributed by atoms with van der Waals surface area (Å²) in [5.41, 5.74) is 5.59. The number of nitrogens with one attached hydrogen (secondary N) is 2. The highest BCUT2D eigenvalue weighted by Crippen LogP contribution is 2.45. The molecule has 0 aliphatic carbocycles. The molecule has 2 amide bonds. The molecule has 6 heteroatoms. The second-order valence-corrected chi connectivity index (χ2v) is 9.19. The van der Waals surface area contributed by atoms with Gasteiger partial charge < -0.3 is 19.9 Å². The number of hydrogen-bond donors (Lipinski definition) is 2. The van der Waals surface area contributed by atoms with E-state index in [0.29, 0.717) is 12.1 Å². The third kappa shape index (κ3) is 3.90. The lowest BCUT2D eigenvalue weighted by Crippen LogP contribution is -2.41. The molecule has 2 atom stereocenters. The Hall–Kier alpha value is -3.90. The van der Waals surface area contributed by atoms with Gasteiger partial charge >= 0.3 is 0 Å². The number of aromatic nitrogens is 1. The lowest BCUT2D eigenvalue weighted by Gasteiger charge is -2.26. The molecule has 0 bridgehead atoms. The van der Waals surface area contributed by atoms with Crippen LogP contribution in [0.2, 0.25) is 0 Å². The molecule has 6 nitrogen and oxygen atoms in total. The van der Waals surface area contributed by atoms with Crippen LogP contribution in [0.5, 0.6) is 0 Å². The van der Waals surface area contributed by atoms with Gasteiger partial charge in [0.1, 0.15) is 6.54 Å². The number of fused-ring (bicyclic) bond motifs is 2. The fourth-order valence-corrected chi connectivity index (χ4v) is 5.37. The van der Waals surface area contributed by atoms with Crippen LogP contribution in [0.3, 0.4) is 0 Å². The SMILES string of the molecule is O=C(CN1C(=O)c2ccccc2[C@H]1c1c(-c2ccccc2)[nH]c2ccccc12)NC[C@H]1CCCO1. The predicted octanol–water partition coefficient (Wildman–Crippen LogP) is 4.68. The summed E-state index contributed by atoms with van der Waals surface area (Å²) < 4.78 is 5.64. The molecule has 2 N–H and O–H groups in total. The Kier molecular flexibility index (Phi) is 5.58. The highest BCUT2D eigenvalue weighted by atomic mass is 16.5. The number of ether oxygens (including phenoxy) is 1. The number of carbonyl (C=O) groups is 2. The standard InChI is InChI=1S/C29H27N3O3/c33-25(30-17-20-11-8-16-35-20)18-32-28(21-12-4-5-13-22(21)29(32)34)26-23-14-6-7-15-24(23)31-27(26)19-9-2-1-3-10-19/h1-7,9-10,12-15,20,28,31H,8,11,16-18H2,(H,30,33)/t20-,28+/m1/s1. The van der Waals surface area contributed by atoms with E-state index < -0.39 is 0 Å². The van der Waals surface area contributed by atoms with Gasteiger partial charge in [0.25, 0.3) is 5.91 Å². The monoisotopic (exact) mass is 465 g/mol. The zero-order valence-corrected chi connectivity index (χ0v) is 19.4. The van der Waals surface area contributed by atoms with Crippen molar-refractivity contribution >= 4 is 22.7 Å². The van der Waals surface area contributed by atoms with Gasteiger partial charge in [-0.3, -0.25) is 9.59 Å². The number of amides is 2. The summed E-state index contributed by atoms with van der Waals surface area (Å²) >= 11 is 0. The summed E-state index contributed by atoms with van der Waals surface area (Å²) in [5, 5.41) is 4.03. The van der Waals surface area contributed by atoms with Gasteiger partial charge in [-0.2, -0.15) is 0 Å². The number of benzene rings is 3. The maximum atomic E-state index is 13.6. The van der Waals surface area contributed by atoms with Crippen LogP contribution in [0.4, 0.5) is 0 Å². The number of carbonyl (C=O) groups excluding carboxylic acids is 2. The lowest BCUT2D eigenvalue weighted by molar-refractivity contribution is -0.122. The van der Waals surface area contributed by atoms with Crippen molar-refractivity contribution in [3.8, 4) is 11.3 Å². The van der Waals surface area contributed by atoms with E-state index in [0.717, 1.165) is 52.7 Å². The molecule has 0 spiro atoms. The van der Waals surface area contributed by atoms with Crippen molar-refractivity contribution in [2.24, 2.45) is 0 Å². The fraction of sp³-hybridized carbons (Fsp3) is 0.241. The Balaban J connectivity index is 1.43. The van der Waals surface area contributed by atoms with Crippen LogP contribution in [0.1, 0.15) is 40.4 Å². The summed E-state index contributed by atoms with van der Waals surface area (Å²) in [6.07, 6.45) is 2.03. The van der Waals surface area contributed by atoms with Gasteiger partial charge in [-0.05, 0) is 36.1 Å². The van der Waals surface area contributed by atoms with Crippen LogP contribution in [0, 0.1) is 0 Å². The van der Waals surface area contributed by atoms with Crippen LogP contribution < -0.4 is 5.32 Å². The zero-order valence-electron chi connectivity index (χ0n) is 19.4. The van der Waals surface area contributed by atoms with Gasteiger partial charge in [0.15, 0.2) is 0 Å². The van der Waals surface area contributed by atoms with Crippen molar-refractivity contribution in [3.63, 3.8) is 0 Å². The number of para-hydroxylation sites is 1. The molecule has 2 aliphatic heterocycles. The first kappa shape index (κ1) is 21.6. The molecule has 3 aromatic carbocycles. The van der Waals surface area contributed by atoms with Crippen LogP contribution >= 0.6 is 0 Å². The van der Waals surface area contributed by atoms with Crippen molar-refractivity contribution < 1.29 is 14.3 Å². The molecule has 3 heterocycles. The Labute approximate surface area is 203 Å². The van der Waals surface area contributed by atoms with E-state index in [2.05, 4.69) is 28.5 Å².